The first-order valence-electron chi connectivity index (χ1n) is 8.87. The molecule has 0 bridgehead atoms. The van der Waals surface area contributed by atoms with Crippen molar-refractivity contribution >= 4 is 28.1 Å². The summed E-state index contributed by atoms with van der Waals surface area (Å²) in [6.45, 7) is 0. The summed E-state index contributed by atoms with van der Waals surface area (Å²) in [7, 11) is 0. The number of nitrogens with one attached hydrogen (secondary N) is 1. The van der Waals surface area contributed by atoms with Crippen LogP contribution in [0.5, 0.6) is 0 Å². The van der Waals surface area contributed by atoms with E-state index in [1.807, 2.05) is 18.2 Å². The highest BCUT2D eigenvalue weighted by Gasteiger charge is 2.16. The first-order valence-corrected chi connectivity index (χ1v) is 8.87. The summed E-state index contributed by atoms with van der Waals surface area (Å²) < 4.78 is 11.0. The van der Waals surface area contributed by atoms with Gasteiger partial charge < -0.3 is 14.3 Å². The van der Waals surface area contributed by atoms with Gasteiger partial charge in [-0.3, -0.25) is 0 Å². The number of hydrogen-bond donors (Lipinski definition) is 1. The molecule has 2 aromatic carbocycles. The molecule has 1 fully saturated rings. The lowest BCUT2D eigenvalue weighted by molar-refractivity contribution is 0.451. The smallest absolute Gasteiger partial charge is 0.295 e. The van der Waals surface area contributed by atoms with E-state index in [4.69, 9.17) is 8.94 Å². The standard InChI is InChI=1S/C20H19N3O2/c1-2-4-16(5-3-1)22-20-23-17-11-14(7-9-19(17)24-20)13-6-8-18-15(10-13)12-21-25-18/h6-12,16H,1-5H2,(H,22,23). The highest BCUT2D eigenvalue weighted by Crippen LogP contribution is 2.29. The highest BCUT2D eigenvalue weighted by atomic mass is 16.5. The normalized spacial score (nSPS) is 15.8. The molecule has 5 nitrogen and oxygen atoms in total. The lowest BCUT2D eigenvalue weighted by Gasteiger charge is -2.21. The maximum atomic E-state index is 5.87. The molecule has 0 radical (unpaired) electrons. The Hall–Kier alpha value is -2.82. The maximum absolute atomic E-state index is 5.87. The van der Waals surface area contributed by atoms with Crippen LogP contribution in [0.15, 0.2) is 51.5 Å². The van der Waals surface area contributed by atoms with Crippen LogP contribution < -0.4 is 5.32 Å². The second-order valence-corrected chi connectivity index (χ2v) is 6.76. The predicted octanol–water partition coefficient (Wildman–Crippen LogP) is 5.38. The van der Waals surface area contributed by atoms with Gasteiger partial charge in [-0.15, -0.1) is 0 Å². The third-order valence-electron chi connectivity index (χ3n) is 5.01. The molecule has 1 aliphatic rings. The van der Waals surface area contributed by atoms with Crippen LogP contribution in [0, 0.1) is 0 Å². The van der Waals surface area contributed by atoms with E-state index < -0.39 is 0 Å². The summed E-state index contributed by atoms with van der Waals surface area (Å²) in [6, 6.07) is 13.3. The molecule has 0 aliphatic heterocycles. The molecule has 5 rings (SSSR count). The van der Waals surface area contributed by atoms with Gasteiger partial charge in [0.25, 0.3) is 6.01 Å². The van der Waals surface area contributed by atoms with Crippen molar-refractivity contribution in [1.82, 2.24) is 10.1 Å². The van der Waals surface area contributed by atoms with Gasteiger partial charge in [-0.05, 0) is 48.2 Å². The Labute approximate surface area is 145 Å². The van der Waals surface area contributed by atoms with E-state index in [0.29, 0.717) is 12.1 Å². The van der Waals surface area contributed by atoms with Gasteiger partial charge in [-0.1, -0.05) is 36.6 Å². The van der Waals surface area contributed by atoms with Gasteiger partial charge >= 0.3 is 0 Å². The average Bonchev–Trinajstić information content (AvgIpc) is 3.27. The fourth-order valence-electron chi connectivity index (χ4n) is 3.64. The van der Waals surface area contributed by atoms with E-state index >= 15 is 0 Å². The molecule has 1 aliphatic carbocycles. The number of nitrogens with zero attached hydrogens (tertiary/aromatic N) is 2. The quantitative estimate of drug-likeness (QED) is 0.545. The largest absolute Gasteiger partial charge is 0.424 e. The van der Waals surface area contributed by atoms with Crippen molar-refractivity contribution in [2.45, 2.75) is 38.1 Å². The molecule has 2 aromatic heterocycles. The van der Waals surface area contributed by atoms with E-state index in [2.05, 4.69) is 33.7 Å². The number of benzene rings is 2. The van der Waals surface area contributed by atoms with Crippen molar-refractivity contribution in [1.29, 1.82) is 0 Å². The molecule has 0 atom stereocenters. The topological polar surface area (TPSA) is 64.1 Å². The highest BCUT2D eigenvalue weighted by molar-refractivity contribution is 5.86. The van der Waals surface area contributed by atoms with Crippen molar-refractivity contribution < 1.29 is 8.94 Å². The third-order valence-corrected chi connectivity index (χ3v) is 5.01. The minimum atomic E-state index is 0.484. The van der Waals surface area contributed by atoms with Crippen molar-refractivity contribution in [2.75, 3.05) is 5.32 Å². The Morgan fingerprint density at radius 2 is 1.72 bits per heavy atom. The first-order chi connectivity index (χ1) is 12.3. The van der Waals surface area contributed by atoms with Gasteiger partial charge in [0.05, 0.1) is 6.20 Å². The molecule has 0 saturated heterocycles. The third kappa shape index (κ3) is 2.76. The molecule has 25 heavy (non-hydrogen) atoms. The van der Waals surface area contributed by atoms with Crippen LogP contribution in [-0.2, 0) is 0 Å². The second kappa shape index (κ2) is 5.92. The summed E-state index contributed by atoms with van der Waals surface area (Å²) in [4.78, 5) is 4.64. The lowest BCUT2D eigenvalue weighted by atomic mass is 9.96. The van der Waals surface area contributed by atoms with Gasteiger partial charge in [0.1, 0.15) is 5.52 Å². The lowest BCUT2D eigenvalue weighted by Crippen LogP contribution is -2.22. The molecule has 0 spiro atoms. The zero-order chi connectivity index (χ0) is 16.6. The Kier molecular flexibility index (Phi) is 3.44. The monoisotopic (exact) mass is 333 g/mol. The number of rotatable bonds is 3. The van der Waals surface area contributed by atoms with Crippen LogP contribution in [0.2, 0.25) is 0 Å². The van der Waals surface area contributed by atoms with Gasteiger partial charge in [0.15, 0.2) is 11.2 Å². The van der Waals surface area contributed by atoms with E-state index in [1.54, 1.807) is 6.20 Å². The number of aromatic nitrogens is 2. The summed E-state index contributed by atoms with van der Waals surface area (Å²) >= 11 is 0. The Morgan fingerprint density at radius 3 is 2.60 bits per heavy atom. The van der Waals surface area contributed by atoms with Crippen LogP contribution >= 0.6 is 0 Å². The maximum Gasteiger partial charge on any atom is 0.295 e. The molecule has 1 N–H and O–H groups in total. The number of fused-ring (bicyclic) bond motifs is 2. The number of oxazole rings is 1. The minimum Gasteiger partial charge on any atom is -0.424 e. The zero-order valence-corrected chi connectivity index (χ0v) is 13.9. The summed E-state index contributed by atoms with van der Waals surface area (Å²) in [5, 5.41) is 8.28. The number of hydrogen-bond acceptors (Lipinski definition) is 5. The fourth-order valence-corrected chi connectivity index (χ4v) is 3.64. The van der Waals surface area contributed by atoms with Crippen LogP contribution in [0.1, 0.15) is 32.1 Å². The van der Waals surface area contributed by atoms with Crippen LogP contribution in [0.3, 0.4) is 0 Å². The Bertz CT molecular complexity index is 1030. The van der Waals surface area contributed by atoms with Gasteiger partial charge in [-0.25, -0.2) is 0 Å². The van der Waals surface area contributed by atoms with Gasteiger partial charge in [-0.2, -0.15) is 4.98 Å². The van der Waals surface area contributed by atoms with E-state index in [9.17, 15) is 0 Å². The zero-order valence-electron chi connectivity index (χ0n) is 13.9. The SMILES string of the molecule is c1cc2oncc2cc1-c1ccc2oc(NC3CCCCC3)nc2c1. The predicted molar refractivity (Wildman–Crippen MR) is 97.5 cm³/mol. The van der Waals surface area contributed by atoms with Crippen molar-refractivity contribution in [3.05, 3.63) is 42.6 Å². The van der Waals surface area contributed by atoms with E-state index in [-0.39, 0.29) is 0 Å². The van der Waals surface area contributed by atoms with E-state index in [1.165, 1.54) is 32.1 Å². The van der Waals surface area contributed by atoms with Gasteiger partial charge in [0.2, 0.25) is 0 Å². The van der Waals surface area contributed by atoms with Crippen LogP contribution in [0.25, 0.3) is 33.2 Å². The van der Waals surface area contributed by atoms with E-state index in [0.717, 1.165) is 33.2 Å². The number of anilines is 1. The summed E-state index contributed by atoms with van der Waals surface area (Å²) in [6.07, 6.45) is 8.04. The van der Waals surface area contributed by atoms with Gasteiger partial charge in [0, 0.05) is 11.4 Å². The van der Waals surface area contributed by atoms with Crippen molar-refractivity contribution in [2.24, 2.45) is 0 Å². The molecular formula is C20H19N3O2. The Balaban J connectivity index is 1.46. The summed E-state index contributed by atoms with van der Waals surface area (Å²) in [5.41, 5.74) is 4.70. The first kappa shape index (κ1) is 14.5. The molecule has 2 heterocycles. The Morgan fingerprint density at radius 1 is 0.920 bits per heavy atom. The molecule has 0 amide bonds. The summed E-state index contributed by atoms with van der Waals surface area (Å²) in [5.74, 6) is 0. The molecular weight excluding hydrogens is 314 g/mol. The average molecular weight is 333 g/mol. The second-order valence-electron chi connectivity index (χ2n) is 6.76. The van der Waals surface area contributed by atoms with Crippen LogP contribution in [-0.4, -0.2) is 16.2 Å². The molecule has 5 heteroatoms. The molecule has 126 valence electrons. The fraction of sp³-hybridized carbons (Fsp3) is 0.300. The minimum absolute atomic E-state index is 0.484. The van der Waals surface area contributed by atoms with Crippen molar-refractivity contribution in [3.8, 4) is 11.1 Å². The molecule has 0 unspecified atom stereocenters. The van der Waals surface area contributed by atoms with Crippen LogP contribution in [0.4, 0.5) is 6.01 Å². The molecule has 4 aromatic rings. The van der Waals surface area contributed by atoms with Crippen molar-refractivity contribution in [3.63, 3.8) is 0 Å². The molecule has 1 saturated carbocycles.